The lowest BCUT2D eigenvalue weighted by Crippen LogP contribution is -2.41. The molecule has 1 unspecified atom stereocenters. The SMILES string of the molecule is CC(C)C(NCCCn1cccn1)C(=O)O. The molecule has 1 heterocycles. The molecule has 0 radical (unpaired) electrons. The first kappa shape index (κ1) is 12.7. The molecule has 1 atom stereocenters. The number of nitrogens with one attached hydrogen (secondary N) is 1. The fourth-order valence-corrected chi connectivity index (χ4v) is 1.54. The van der Waals surface area contributed by atoms with Gasteiger partial charge in [-0.2, -0.15) is 5.10 Å². The number of rotatable bonds is 7. The Morgan fingerprint density at radius 2 is 2.31 bits per heavy atom. The molecule has 0 spiro atoms. The van der Waals surface area contributed by atoms with Gasteiger partial charge in [-0.3, -0.25) is 9.48 Å². The van der Waals surface area contributed by atoms with E-state index in [1.165, 1.54) is 0 Å². The summed E-state index contributed by atoms with van der Waals surface area (Å²) in [6.45, 7) is 5.30. The van der Waals surface area contributed by atoms with Gasteiger partial charge in [0.25, 0.3) is 0 Å². The number of hydrogen-bond acceptors (Lipinski definition) is 3. The van der Waals surface area contributed by atoms with Gasteiger partial charge in [0, 0.05) is 18.9 Å². The molecule has 0 aliphatic carbocycles. The molecule has 0 aromatic carbocycles. The van der Waals surface area contributed by atoms with E-state index in [1.54, 1.807) is 6.20 Å². The van der Waals surface area contributed by atoms with Crippen LogP contribution in [0.3, 0.4) is 0 Å². The van der Waals surface area contributed by atoms with E-state index in [4.69, 9.17) is 5.11 Å². The first-order chi connectivity index (χ1) is 7.61. The Labute approximate surface area is 95.5 Å². The smallest absolute Gasteiger partial charge is 0.320 e. The van der Waals surface area contributed by atoms with Crippen molar-refractivity contribution in [2.24, 2.45) is 5.92 Å². The number of carboxylic acid groups (broad SMARTS) is 1. The quantitative estimate of drug-likeness (QED) is 0.679. The van der Waals surface area contributed by atoms with Crippen molar-refractivity contribution in [1.29, 1.82) is 0 Å². The van der Waals surface area contributed by atoms with Crippen LogP contribution in [0.25, 0.3) is 0 Å². The second-order valence-electron chi connectivity index (χ2n) is 4.14. The lowest BCUT2D eigenvalue weighted by molar-refractivity contribution is -0.140. The Kier molecular flexibility index (Phi) is 4.98. The third kappa shape index (κ3) is 4.02. The van der Waals surface area contributed by atoms with Crippen molar-refractivity contribution in [3.8, 4) is 0 Å². The molecule has 90 valence electrons. The monoisotopic (exact) mass is 225 g/mol. The second kappa shape index (κ2) is 6.27. The number of carbonyl (C=O) groups is 1. The Bertz CT molecular complexity index is 309. The van der Waals surface area contributed by atoms with E-state index in [9.17, 15) is 4.79 Å². The van der Waals surface area contributed by atoms with Crippen LogP contribution in [0.2, 0.25) is 0 Å². The number of aryl methyl sites for hydroxylation is 1. The minimum Gasteiger partial charge on any atom is -0.480 e. The number of carboxylic acids is 1. The van der Waals surface area contributed by atoms with Crippen LogP contribution < -0.4 is 5.32 Å². The van der Waals surface area contributed by atoms with Gasteiger partial charge in [-0.1, -0.05) is 13.8 Å². The second-order valence-corrected chi connectivity index (χ2v) is 4.14. The van der Waals surface area contributed by atoms with Gasteiger partial charge in [0.2, 0.25) is 0 Å². The zero-order chi connectivity index (χ0) is 12.0. The molecule has 1 aromatic rings. The van der Waals surface area contributed by atoms with Crippen LogP contribution >= 0.6 is 0 Å². The van der Waals surface area contributed by atoms with Gasteiger partial charge < -0.3 is 10.4 Å². The molecule has 5 nitrogen and oxygen atoms in total. The molecule has 0 saturated carbocycles. The number of nitrogens with zero attached hydrogens (tertiary/aromatic N) is 2. The van der Waals surface area contributed by atoms with Crippen LogP contribution in [0.1, 0.15) is 20.3 Å². The minimum absolute atomic E-state index is 0.0993. The predicted molar refractivity (Wildman–Crippen MR) is 61.1 cm³/mol. The van der Waals surface area contributed by atoms with Gasteiger partial charge in [-0.15, -0.1) is 0 Å². The maximum absolute atomic E-state index is 10.9. The summed E-state index contributed by atoms with van der Waals surface area (Å²) in [6, 6.07) is 1.42. The summed E-state index contributed by atoms with van der Waals surface area (Å²) >= 11 is 0. The Hall–Kier alpha value is -1.36. The van der Waals surface area contributed by atoms with Crippen LogP contribution in [0.4, 0.5) is 0 Å². The van der Waals surface area contributed by atoms with Crippen molar-refractivity contribution in [2.75, 3.05) is 6.54 Å². The standard InChI is InChI=1S/C11H19N3O2/c1-9(2)10(11(15)16)12-5-3-7-14-8-4-6-13-14/h4,6,8-10,12H,3,5,7H2,1-2H3,(H,15,16). The van der Waals surface area contributed by atoms with Gasteiger partial charge in [0.05, 0.1) is 0 Å². The molecule has 1 aromatic heterocycles. The molecule has 0 aliphatic rings. The van der Waals surface area contributed by atoms with Crippen molar-refractivity contribution in [3.63, 3.8) is 0 Å². The minimum atomic E-state index is -0.783. The lowest BCUT2D eigenvalue weighted by Gasteiger charge is -2.17. The number of aliphatic carboxylic acids is 1. The van der Waals surface area contributed by atoms with Gasteiger partial charge in [-0.05, 0) is 24.9 Å². The maximum Gasteiger partial charge on any atom is 0.320 e. The molecule has 0 aliphatic heterocycles. The molecular weight excluding hydrogens is 206 g/mol. The molecule has 5 heteroatoms. The third-order valence-electron chi connectivity index (χ3n) is 2.42. The molecule has 2 N–H and O–H groups in total. The molecule has 1 rings (SSSR count). The number of aromatic nitrogens is 2. The van der Waals surface area contributed by atoms with E-state index in [2.05, 4.69) is 10.4 Å². The highest BCUT2D eigenvalue weighted by Gasteiger charge is 2.19. The van der Waals surface area contributed by atoms with Gasteiger partial charge in [0.1, 0.15) is 6.04 Å². The maximum atomic E-state index is 10.9. The van der Waals surface area contributed by atoms with E-state index in [-0.39, 0.29) is 5.92 Å². The van der Waals surface area contributed by atoms with Gasteiger partial charge in [-0.25, -0.2) is 0 Å². The summed E-state index contributed by atoms with van der Waals surface area (Å²) in [5.74, 6) is -0.684. The van der Waals surface area contributed by atoms with Crippen molar-refractivity contribution >= 4 is 5.97 Å². The van der Waals surface area contributed by atoms with Crippen LogP contribution in [0, 0.1) is 5.92 Å². The van der Waals surface area contributed by atoms with Crippen LogP contribution in [0.15, 0.2) is 18.5 Å². The normalized spacial score (nSPS) is 12.9. The third-order valence-corrected chi connectivity index (χ3v) is 2.42. The molecule has 0 amide bonds. The Morgan fingerprint density at radius 3 is 2.81 bits per heavy atom. The summed E-state index contributed by atoms with van der Waals surface area (Å²) < 4.78 is 1.84. The summed E-state index contributed by atoms with van der Waals surface area (Å²) in [7, 11) is 0. The first-order valence-electron chi connectivity index (χ1n) is 5.55. The molecular formula is C11H19N3O2. The highest BCUT2D eigenvalue weighted by Crippen LogP contribution is 2.01. The van der Waals surface area contributed by atoms with E-state index < -0.39 is 12.0 Å². The average molecular weight is 225 g/mol. The largest absolute Gasteiger partial charge is 0.480 e. The molecule has 0 fully saturated rings. The topological polar surface area (TPSA) is 67.2 Å². The van der Waals surface area contributed by atoms with E-state index >= 15 is 0 Å². The summed E-state index contributed by atoms with van der Waals surface area (Å²) in [5, 5.41) is 16.1. The van der Waals surface area contributed by atoms with Crippen molar-refractivity contribution < 1.29 is 9.90 Å². The Balaban J connectivity index is 2.21. The van der Waals surface area contributed by atoms with Crippen molar-refractivity contribution in [1.82, 2.24) is 15.1 Å². The summed E-state index contributed by atoms with van der Waals surface area (Å²) in [6.07, 6.45) is 4.51. The van der Waals surface area contributed by atoms with E-state index in [0.29, 0.717) is 6.54 Å². The van der Waals surface area contributed by atoms with Gasteiger partial charge in [0.15, 0.2) is 0 Å². The van der Waals surface area contributed by atoms with Gasteiger partial charge >= 0.3 is 5.97 Å². The highest BCUT2D eigenvalue weighted by molar-refractivity contribution is 5.73. The van der Waals surface area contributed by atoms with E-state index in [0.717, 1.165) is 13.0 Å². The van der Waals surface area contributed by atoms with Crippen LogP contribution in [-0.2, 0) is 11.3 Å². The average Bonchev–Trinajstić information content (AvgIpc) is 2.68. The van der Waals surface area contributed by atoms with Crippen molar-refractivity contribution in [2.45, 2.75) is 32.9 Å². The highest BCUT2D eigenvalue weighted by atomic mass is 16.4. The number of hydrogen-bond donors (Lipinski definition) is 2. The lowest BCUT2D eigenvalue weighted by atomic mass is 10.0. The Morgan fingerprint density at radius 1 is 1.56 bits per heavy atom. The van der Waals surface area contributed by atoms with Crippen molar-refractivity contribution in [3.05, 3.63) is 18.5 Å². The summed E-state index contributed by atoms with van der Waals surface area (Å²) in [4.78, 5) is 10.9. The fourth-order valence-electron chi connectivity index (χ4n) is 1.54. The summed E-state index contributed by atoms with van der Waals surface area (Å²) in [5.41, 5.74) is 0. The zero-order valence-corrected chi connectivity index (χ0v) is 9.76. The first-order valence-corrected chi connectivity index (χ1v) is 5.55. The molecule has 0 saturated heterocycles. The molecule has 16 heavy (non-hydrogen) atoms. The van der Waals surface area contributed by atoms with Crippen LogP contribution in [0.5, 0.6) is 0 Å². The molecule has 0 bridgehead atoms. The predicted octanol–water partition coefficient (Wildman–Crippen LogP) is 0.972. The fraction of sp³-hybridized carbons (Fsp3) is 0.636. The van der Waals surface area contributed by atoms with E-state index in [1.807, 2.05) is 30.8 Å². The zero-order valence-electron chi connectivity index (χ0n) is 9.76. The van der Waals surface area contributed by atoms with Crippen LogP contribution in [-0.4, -0.2) is 33.4 Å².